The van der Waals surface area contributed by atoms with Gasteiger partial charge in [-0.3, -0.25) is 0 Å². The Morgan fingerprint density at radius 3 is 1.40 bits per heavy atom. The van der Waals surface area contributed by atoms with Crippen molar-refractivity contribution in [2.45, 2.75) is 6.92 Å². The topological polar surface area (TPSA) is 59.9 Å². The largest absolute Gasteiger partial charge is 0.456 e. The SMILES string of the molecule is Cc1ccc2c(c1)c1ccccc1n2-c1ccc2oc3ccc(-c4ccc5oc6ccc(-n7c8ccccc8c8cc(C#N)ccc87)cc6c5c4)cc3c2c1. The highest BCUT2D eigenvalue weighted by atomic mass is 16.3. The van der Waals surface area contributed by atoms with E-state index in [4.69, 9.17) is 8.83 Å². The summed E-state index contributed by atoms with van der Waals surface area (Å²) in [6.45, 7) is 2.15. The maximum atomic E-state index is 9.62. The van der Waals surface area contributed by atoms with Gasteiger partial charge >= 0.3 is 0 Å². The Bertz CT molecular complexity index is 3640. The molecule has 0 N–H and O–H groups in total. The van der Waals surface area contributed by atoms with Crippen LogP contribution < -0.4 is 0 Å². The van der Waals surface area contributed by atoms with E-state index in [9.17, 15) is 5.26 Å². The van der Waals surface area contributed by atoms with Gasteiger partial charge in [-0.15, -0.1) is 0 Å². The van der Waals surface area contributed by atoms with Gasteiger partial charge in [0.05, 0.1) is 33.7 Å². The molecule has 0 saturated carbocycles. The average Bonchev–Trinajstić information content (AvgIpc) is 3.97. The van der Waals surface area contributed by atoms with Gasteiger partial charge in [-0.25, -0.2) is 0 Å². The van der Waals surface area contributed by atoms with Crippen LogP contribution in [0.5, 0.6) is 0 Å². The van der Waals surface area contributed by atoms with Crippen molar-refractivity contribution in [3.05, 3.63) is 169 Å². The van der Waals surface area contributed by atoms with E-state index >= 15 is 0 Å². The van der Waals surface area contributed by atoms with Gasteiger partial charge in [0.15, 0.2) is 0 Å². The summed E-state index contributed by atoms with van der Waals surface area (Å²) in [7, 11) is 0. The fourth-order valence-corrected chi connectivity index (χ4v) is 8.85. The van der Waals surface area contributed by atoms with Gasteiger partial charge in [0.2, 0.25) is 0 Å². The Balaban J connectivity index is 1.01. The van der Waals surface area contributed by atoms with E-state index in [2.05, 4.69) is 162 Å². The summed E-state index contributed by atoms with van der Waals surface area (Å²) < 4.78 is 17.4. The van der Waals surface area contributed by atoms with Gasteiger partial charge in [0.25, 0.3) is 0 Å². The number of nitrogens with zero attached hydrogens (tertiary/aromatic N) is 3. The van der Waals surface area contributed by atoms with Crippen LogP contribution in [0.4, 0.5) is 0 Å². The highest BCUT2D eigenvalue weighted by molar-refractivity contribution is 6.13. The molecule has 0 amide bonds. The number of benzene rings is 8. The van der Waals surface area contributed by atoms with Crippen LogP contribution in [0, 0.1) is 18.3 Å². The maximum absolute atomic E-state index is 9.62. The van der Waals surface area contributed by atoms with Gasteiger partial charge in [-0.2, -0.15) is 5.26 Å². The van der Waals surface area contributed by atoms with E-state index < -0.39 is 0 Å². The summed E-state index contributed by atoms with van der Waals surface area (Å²) in [4.78, 5) is 0. The Labute approximate surface area is 314 Å². The fraction of sp³-hybridized carbons (Fsp3) is 0.0200. The van der Waals surface area contributed by atoms with Gasteiger partial charge in [-0.05, 0) is 121 Å². The van der Waals surface area contributed by atoms with Crippen molar-refractivity contribution < 1.29 is 8.83 Å². The van der Waals surface area contributed by atoms with Crippen molar-refractivity contribution in [3.8, 4) is 28.6 Å². The lowest BCUT2D eigenvalue weighted by atomic mass is 10.0. The van der Waals surface area contributed by atoms with Crippen molar-refractivity contribution in [3.63, 3.8) is 0 Å². The van der Waals surface area contributed by atoms with Crippen LogP contribution in [0.15, 0.2) is 167 Å². The number of rotatable bonds is 3. The minimum Gasteiger partial charge on any atom is -0.456 e. The maximum Gasteiger partial charge on any atom is 0.135 e. The molecule has 12 aromatic rings. The lowest BCUT2D eigenvalue weighted by Gasteiger charge is -2.08. The number of hydrogen-bond donors (Lipinski definition) is 0. The van der Waals surface area contributed by atoms with E-state index in [-0.39, 0.29) is 0 Å². The summed E-state index contributed by atoms with van der Waals surface area (Å²) in [5.74, 6) is 0. The standard InChI is InChI=1S/C50H29N3O2/c1-29-10-16-45-37(22-29)35-6-2-4-8-43(35)52(45)33-14-20-49-41(26-33)39-24-31(12-18-47(39)54-49)32-13-19-48-40(25-32)42-27-34(15-21-50(42)55-48)53-44-9-5-3-7-36(44)38-23-30(28-51)11-17-46(38)53/h2-27H,1H3. The number of nitriles is 1. The minimum atomic E-state index is 0.652. The molecule has 0 aliphatic heterocycles. The Kier molecular flexibility index (Phi) is 5.99. The quantitative estimate of drug-likeness (QED) is 0.184. The lowest BCUT2D eigenvalue weighted by Crippen LogP contribution is -1.93. The first-order valence-electron chi connectivity index (χ1n) is 18.5. The monoisotopic (exact) mass is 703 g/mol. The molecule has 0 saturated heterocycles. The van der Waals surface area contributed by atoms with Crippen molar-refractivity contribution in [2.75, 3.05) is 0 Å². The molecule has 256 valence electrons. The number of hydrogen-bond acceptors (Lipinski definition) is 3. The number of fused-ring (bicyclic) bond motifs is 12. The first-order chi connectivity index (χ1) is 27.1. The normalized spacial score (nSPS) is 12.1. The van der Waals surface area contributed by atoms with Gasteiger partial charge < -0.3 is 18.0 Å². The second kappa shape index (κ2) is 11.0. The smallest absolute Gasteiger partial charge is 0.135 e. The molecule has 0 fully saturated rings. The molecule has 8 aromatic carbocycles. The van der Waals surface area contributed by atoms with Crippen LogP contribution in [0.3, 0.4) is 0 Å². The molecule has 0 atom stereocenters. The second-order valence-electron chi connectivity index (χ2n) is 14.6. The number of aryl methyl sites for hydroxylation is 1. The summed E-state index contributed by atoms with van der Waals surface area (Å²) in [5, 5.41) is 18.6. The lowest BCUT2D eigenvalue weighted by molar-refractivity contribution is 0.668. The third-order valence-corrected chi connectivity index (χ3v) is 11.4. The predicted octanol–water partition coefficient (Wildman–Crippen LogP) is 13.5. The van der Waals surface area contributed by atoms with Crippen LogP contribution in [-0.4, -0.2) is 9.13 Å². The minimum absolute atomic E-state index is 0.652. The summed E-state index contributed by atoms with van der Waals surface area (Å²) in [6, 6.07) is 57.8. The van der Waals surface area contributed by atoms with Crippen molar-refractivity contribution in [2.24, 2.45) is 0 Å². The van der Waals surface area contributed by atoms with Crippen LogP contribution >= 0.6 is 0 Å². The second-order valence-corrected chi connectivity index (χ2v) is 14.6. The molecule has 0 unspecified atom stereocenters. The van der Waals surface area contributed by atoms with E-state index in [0.29, 0.717) is 5.56 Å². The predicted molar refractivity (Wildman–Crippen MR) is 225 cm³/mol. The molecule has 12 rings (SSSR count). The number of para-hydroxylation sites is 2. The molecule has 4 aromatic heterocycles. The Morgan fingerprint density at radius 1 is 0.400 bits per heavy atom. The number of aromatic nitrogens is 2. The van der Waals surface area contributed by atoms with Crippen LogP contribution in [0.25, 0.3) is 110 Å². The summed E-state index contributed by atoms with van der Waals surface area (Å²) in [6.07, 6.45) is 0. The molecular formula is C50H29N3O2. The Morgan fingerprint density at radius 2 is 0.855 bits per heavy atom. The first kappa shape index (κ1) is 30.0. The summed E-state index contributed by atoms with van der Waals surface area (Å²) in [5.41, 5.74) is 14.2. The molecule has 0 radical (unpaired) electrons. The molecular weight excluding hydrogens is 675 g/mol. The molecule has 4 heterocycles. The Hall–Kier alpha value is -7.55. The number of furan rings is 2. The van der Waals surface area contributed by atoms with Crippen LogP contribution in [-0.2, 0) is 0 Å². The van der Waals surface area contributed by atoms with Crippen LogP contribution in [0.2, 0.25) is 0 Å². The van der Waals surface area contributed by atoms with Gasteiger partial charge in [-0.1, -0.05) is 60.2 Å². The molecule has 0 bridgehead atoms. The first-order valence-corrected chi connectivity index (χ1v) is 18.5. The zero-order chi connectivity index (χ0) is 36.4. The van der Waals surface area contributed by atoms with Gasteiger partial charge in [0.1, 0.15) is 22.3 Å². The fourth-order valence-electron chi connectivity index (χ4n) is 8.85. The molecule has 0 aliphatic carbocycles. The van der Waals surface area contributed by atoms with E-state index in [0.717, 1.165) is 88.2 Å². The van der Waals surface area contributed by atoms with E-state index in [1.54, 1.807) is 0 Å². The molecule has 5 nitrogen and oxygen atoms in total. The van der Waals surface area contributed by atoms with Crippen LogP contribution in [0.1, 0.15) is 11.1 Å². The molecule has 5 heteroatoms. The highest BCUT2D eigenvalue weighted by Crippen LogP contribution is 2.40. The van der Waals surface area contributed by atoms with Gasteiger partial charge in [0, 0.05) is 54.5 Å². The molecule has 55 heavy (non-hydrogen) atoms. The van der Waals surface area contributed by atoms with Crippen molar-refractivity contribution in [1.29, 1.82) is 5.26 Å². The van der Waals surface area contributed by atoms with Crippen molar-refractivity contribution >= 4 is 87.5 Å². The summed E-state index contributed by atoms with van der Waals surface area (Å²) >= 11 is 0. The average molecular weight is 704 g/mol. The highest BCUT2D eigenvalue weighted by Gasteiger charge is 2.18. The zero-order valence-electron chi connectivity index (χ0n) is 29.7. The van der Waals surface area contributed by atoms with Crippen molar-refractivity contribution in [1.82, 2.24) is 9.13 Å². The molecule has 0 aliphatic rings. The van der Waals surface area contributed by atoms with E-state index in [1.165, 1.54) is 27.4 Å². The zero-order valence-corrected chi connectivity index (χ0v) is 29.7. The third-order valence-electron chi connectivity index (χ3n) is 11.4. The molecule has 0 spiro atoms. The van der Waals surface area contributed by atoms with E-state index in [1.807, 2.05) is 18.2 Å². The third kappa shape index (κ3) is 4.28.